The van der Waals surface area contributed by atoms with Crippen LogP contribution in [0, 0.1) is 25.7 Å². The molecule has 0 fully saturated rings. The highest BCUT2D eigenvalue weighted by Gasteiger charge is 2.43. The number of anilines is 2. The Morgan fingerprint density at radius 3 is 1.06 bits per heavy atom. The number of fused-ring (bicyclic) bond motifs is 2. The molecule has 2 atom stereocenters. The Balaban J connectivity index is 1.14. The summed E-state index contributed by atoms with van der Waals surface area (Å²) in [6.45, 7) is 19.4. The van der Waals surface area contributed by atoms with E-state index in [4.69, 9.17) is 0 Å². The third-order valence-electron chi connectivity index (χ3n) is 18.0. The van der Waals surface area contributed by atoms with E-state index in [1.807, 2.05) is 45.3 Å². The van der Waals surface area contributed by atoms with Crippen molar-refractivity contribution >= 4 is 79.7 Å². The van der Waals surface area contributed by atoms with Gasteiger partial charge in [0, 0.05) is 63.2 Å². The predicted molar refractivity (Wildman–Crippen MR) is 365 cm³/mol. The molecule has 8 heteroatoms. The summed E-state index contributed by atoms with van der Waals surface area (Å²) in [6.07, 6.45) is 37.6. The molecule has 4 nitrogen and oxygen atoms in total. The molecule has 2 unspecified atom stereocenters. The van der Waals surface area contributed by atoms with Gasteiger partial charge in [-0.3, -0.25) is 9.59 Å². The largest absolute Gasteiger partial charge is 0.307 e. The van der Waals surface area contributed by atoms with Crippen LogP contribution < -0.4 is 9.80 Å². The van der Waals surface area contributed by atoms with Crippen LogP contribution in [0.5, 0.6) is 0 Å². The van der Waals surface area contributed by atoms with E-state index >= 15 is 9.59 Å². The fraction of sp³-hybridized carbons (Fsp3) is 0.568. The van der Waals surface area contributed by atoms with E-state index in [1.54, 1.807) is 0 Å². The molecule has 0 saturated carbocycles. The van der Waals surface area contributed by atoms with Crippen LogP contribution in [0.3, 0.4) is 0 Å². The first-order valence-corrected chi connectivity index (χ1v) is 36.4. The topological polar surface area (TPSA) is 40.6 Å². The number of rotatable bonds is 38. The van der Waals surface area contributed by atoms with Crippen molar-refractivity contribution in [2.45, 2.75) is 248 Å². The molecular formula is C74H102N2O2S4. The van der Waals surface area contributed by atoms with Crippen molar-refractivity contribution in [2.75, 3.05) is 22.9 Å². The van der Waals surface area contributed by atoms with Crippen molar-refractivity contribution in [2.24, 2.45) is 11.8 Å². The Labute approximate surface area is 513 Å². The summed E-state index contributed by atoms with van der Waals surface area (Å²) in [6, 6.07) is 27.6. The van der Waals surface area contributed by atoms with Crippen molar-refractivity contribution in [3.05, 3.63) is 105 Å². The zero-order valence-corrected chi connectivity index (χ0v) is 55.3. The maximum Gasteiger partial charge on any atom is 0.259 e. The van der Waals surface area contributed by atoms with Gasteiger partial charge in [-0.15, -0.1) is 45.3 Å². The minimum absolute atomic E-state index is 0.0197. The van der Waals surface area contributed by atoms with E-state index < -0.39 is 0 Å². The molecule has 0 bridgehead atoms. The van der Waals surface area contributed by atoms with E-state index in [0.717, 1.165) is 97.8 Å². The second-order valence-corrected chi connectivity index (χ2v) is 29.2. The fourth-order valence-corrected chi connectivity index (χ4v) is 17.2. The number of benzene rings is 2. The van der Waals surface area contributed by atoms with Crippen LogP contribution in [0.2, 0.25) is 0 Å². The van der Waals surface area contributed by atoms with Crippen molar-refractivity contribution in [3.8, 4) is 40.4 Å². The van der Waals surface area contributed by atoms with Gasteiger partial charge in [-0.2, -0.15) is 0 Å². The third kappa shape index (κ3) is 16.7. The fourth-order valence-electron chi connectivity index (χ4n) is 12.8. The number of carbonyl (C=O) groups is 2. The number of hydrogen-bond donors (Lipinski definition) is 0. The van der Waals surface area contributed by atoms with Gasteiger partial charge in [-0.1, -0.05) is 220 Å². The van der Waals surface area contributed by atoms with Gasteiger partial charge in [0.1, 0.15) is 0 Å². The Morgan fingerprint density at radius 2 is 0.732 bits per heavy atom. The Kier molecular flexibility index (Phi) is 25.7. The van der Waals surface area contributed by atoms with Gasteiger partial charge in [-0.05, 0) is 135 Å². The first-order chi connectivity index (χ1) is 40.1. The molecule has 444 valence electrons. The summed E-state index contributed by atoms with van der Waals surface area (Å²) >= 11 is 7.63. The van der Waals surface area contributed by atoms with Gasteiger partial charge in [0.05, 0.1) is 22.5 Å². The van der Waals surface area contributed by atoms with E-state index in [0.29, 0.717) is 36.1 Å². The summed E-state index contributed by atoms with van der Waals surface area (Å²) in [4.78, 5) is 46.3. The molecule has 2 aromatic carbocycles. The van der Waals surface area contributed by atoms with Crippen molar-refractivity contribution in [1.29, 1.82) is 0 Å². The second-order valence-electron chi connectivity index (χ2n) is 24.5. The smallest absolute Gasteiger partial charge is 0.259 e. The summed E-state index contributed by atoms with van der Waals surface area (Å²) in [5.74, 6) is 0.694. The normalized spacial score (nSPS) is 14.9. The Bertz CT molecular complexity index is 2780. The SMILES string of the molecule is CCCCCCCCCCCCc1cc(-c2ccc3c(c2)N(CC(CC)CCCC)C(=O)/C3=C2/C(=O)N(CC(CC)CCCC)c3cc(-c4cc(CCCCCCCCCCCC)c(-c5ccc(C)s5)s4)ccc32)sc1-c1ccc(C)s1. The number of nitrogens with zero attached hydrogens (tertiary/aromatic N) is 2. The lowest BCUT2D eigenvalue weighted by molar-refractivity contribution is -0.114. The number of hydrogen-bond acceptors (Lipinski definition) is 6. The lowest BCUT2D eigenvalue weighted by Gasteiger charge is -2.24. The number of carbonyl (C=O) groups excluding carboxylic acids is 2. The van der Waals surface area contributed by atoms with Gasteiger partial charge in [0.2, 0.25) is 0 Å². The molecule has 0 spiro atoms. The third-order valence-corrected chi connectivity index (χ3v) is 22.8. The summed E-state index contributed by atoms with van der Waals surface area (Å²) < 4.78 is 0. The molecule has 0 saturated heterocycles. The second kappa shape index (κ2) is 33.0. The molecule has 0 aliphatic carbocycles. The van der Waals surface area contributed by atoms with E-state index in [-0.39, 0.29) is 11.8 Å². The van der Waals surface area contributed by atoms with Gasteiger partial charge in [0.15, 0.2) is 0 Å². The molecule has 6 aromatic rings. The van der Waals surface area contributed by atoms with Gasteiger partial charge >= 0.3 is 0 Å². The summed E-state index contributed by atoms with van der Waals surface area (Å²) in [5, 5.41) is 0. The molecule has 6 heterocycles. The monoisotopic (exact) mass is 1180 g/mol. The maximum absolute atomic E-state index is 15.7. The number of unbranched alkanes of at least 4 members (excludes halogenated alkanes) is 20. The van der Waals surface area contributed by atoms with E-state index in [1.165, 1.54) is 179 Å². The number of thiophene rings is 4. The average Bonchev–Trinajstić information content (AvgIpc) is 4.53. The minimum Gasteiger partial charge on any atom is -0.307 e. The Hall–Kier alpha value is -4.08. The molecular weight excluding hydrogens is 1080 g/mol. The van der Waals surface area contributed by atoms with Crippen LogP contribution in [0.4, 0.5) is 11.4 Å². The summed E-state index contributed by atoms with van der Waals surface area (Å²) in [5.41, 5.74) is 10.1. The van der Waals surface area contributed by atoms with Crippen LogP contribution in [0.15, 0.2) is 72.8 Å². The highest BCUT2D eigenvalue weighted by molar-refractivity contribution is 7.24. The van der Waals surface area contributed by atoms with Crippen LogP contribution in [0.1, 0.15) is 253 Å². The average molecular weight is 1180 g/mol. The molecule has 0 radical (unpaired) electrons. The standard InChI is InChI=1S/C74H102N2O2S4/c1-9-15-19-21-23-25-27-29-31-33-37-59-49-67(81-71(59)65-45-39-53(7)79-65)57-41-43-61-63(47-57)75(51-55(13-5)35-17-11-3)73(77)69(61)70-62-44-42-58(48-64(62)76(74(70)78)52-56(14-6)36-18-12-4)68-50-60(72(82-68)66-46-40-54(8)80-66)38-34-32-30-28-26-24-22-20-16-10-2/h39-50,55-56H,9-38,51-52H2,1-8H3/b70-69+. The van der Waals surface area contributed by atoms with E-state index in [9.17, 15) is 0 Å². The van der Waals surface area contributed by atoms with Crippen LogP contribution in [0.25, 0.3) is 51.5 Å². The highest BCUT2D eigenvalue weighted by Crippen LogP contribution is 2.51. The highest BCUT2D eigenvalue weighted by atomic mass is 32.1. The molecule has 82 heavy (non-hydrogen) atoms. The van der Waals surface area contributed by atoms with Crippen molar-refractivity contribution in [1.82, 2.24) is 0 Å². The van der Waals surface area contributed by atoms with Gasteiger partial charge in [0.25, 0.3) is 11.8 Å². The van der Waals surface area contributed by atoms with E-state index in [2.05, 4.69) is 138 Å². The maximum atomic E-state index is 15.7. The zero-order valence-electron chi connectivity index (χ0n) is 52.1. The quantitative estimate of drug-likeness (QED) is 0.0286. The molecule has 2 amide bonds. The minimum atomic E-state index is -0.0197. The van der Waals surface area contributed by atoms with Crippen molar-refractivity contribution < 1.29 is 9.59 Å². The predicted octanol–water partition coefficient (Wildman–Crippen LogP) is 24.2. The van der Waals surface area contributed by atoms with Gasteiger partial charge < -0.3 is 9.80 Å². The van der Waals surface area contributed by atoms with Gasteiger partial charge in [-0.25, -0.2) is 0 Å². The lowest BCUT2D eigenvalue weighted by atomic mass is 9.94. The molecule has 2 aliphatic heterocycles. The van der Waals surface area contributed by atoms with Crippen LogP contribution in [-0.2, 0) is 22.4 Å². The molecule has 0 N–H and O–H groups in total. The summed E-state index contributed by atoms with van der Waals surface area (Å²) in [7, 11) is 0. The molecule has 8 rings (SSSR count). The number of aryl methyl sites for hydroxylation is 4. The molecule has 2 aliphatic rings. The van der Waals surface area contributed by atoms with Crippen molar-refractivity contribution in [3.63, 3.8) is 0 Å². The van der Waals surface area contributed by atoms with Crippen LogP contribution in [-0.4, -0.2) is 24.9 Å². The Morgan fingerprint density at radius 1 is 0.378 bits per heavy atom. The first kappa shape index (κ1) is 63.9. The first-order valence-electron chi connectivity index (χ1n) is 33.2. The van der Waals surface area contributed by atoms with Crippen LogP contribution >= 0.6 is 45.3 Å². The zero-order chi connectivity index (χ0) is 57.8. The lowest BCUT2D eigenvalue weighted by Crippen LogP contribution is -2.34. The molecule has 4 aromatic heterocycles. The number of amides is 2.